The monoisotopic (exact) mass is 263 g/mol. The number of nitrogens with one attached hydrogen (secondary N) is 2. The van der Waals surface area contributed by atoms with Gasteiger partial charge in [0.25, 0.3) is 0 Å². The molecule has 0 bridgehead atoms. The maximum atomic E-state index is 4.42. The van der Waals surface area contributed by atoms with Gasteiger partial charge in [-0.05, 0) is 39.8 Å². The van der Waals surface area contributed by atoms with Crippen LogP contribution in [0.3, 0.4) is 0 Å². The molecule has 0 aliphatic carbocycles. The SMILES string of the molecule is CNc1nc(C)cc(NCC(C)N2CCCCC2)n1. The van der Waals surface area contributed by atoms with Crippen LogP contribution in [0.1, 0.15) is 31.9 Å². The van der Waals surface area contributed by atoms with Gasteiger partial charge < -0.3 is 10.6 Å². The van der Waals surface area contributed by atoms with Gasteiger partial charge in [0, 0.05) is 31.4 Å². The van der Waals surface area contributed by atoms with Crippen molar-refractivity contribution in [2.45, 2.75) is 39.2 Å². The molecule has 1 aromatic rings. The van der Waals surface area contributed by atoms with E-state index in [2.05, 4.69) is 32.4 Å². The van der Waals surface area contributed by atoms with Crippen molar-refractivity contribution in [2.24, 2.45) is 0 Å². The minimum absolute atomic E-state index is 0.550. The number of aromatic nitrogens is 2. The van der Waals surface area contributed by atoms with Crippen molar-refractivity contribution in [3.8, 4) is 0 Å². The van der Waals surface area contributed by atoms with Crippen molar-refractivity contribution in [3.63, 3.8) is 0 Å². The minimum Gasteiger partial charge on any atom is -0.368 e. The molecular weight excluding hydrogens is 238 g/mol. The van der Waals surface area contributed by atoms with Crippen molar-refractivity contribution in [1.29, 1.82) is 0 Å². The highest BCUT2D eigenvalue weighted by molar-refractivity contribution is 5.41. The number of nitrogens with zero attached hydrogens (tertiary/aromatic N) is 3. The molecule has 0 amide bonds. The first kappa shape index (κ1) is 14.1. The number of anilines is 2. The lowest BCUT2D eigenvalue weighted by molar-refractivity contribution is 0.180. The van der Waals surface area contributed by atoms with Crippen LogP contribution >= 0.6 is 0 Å². The predicted octanol–water partition coefficient (Wildman–Crippen LogP) is 2.11. The summed E-state index contributed by atoms with van der Waals surface area (Å²) in [6.07, 6.45) is 4.05. The fraction of sp³-hybridized carbons (Fsp3) is 0.714. The van der Waals surface area contributed by atoms with Crippen LogP contribution in [-0.2, 0) is 0 Å². The third-order valence-corrected chi connectivity index (χ3v) is 3.67. The van der Waals surface area contributed by atoms with Crippen LogP contribution in [0.5, 0.6) is 0 Å². The number of hydrogen-bond acceptors (Lipinski definition) is 5. The molecule has 2 heterocycles. The van der Waals surface area contributed by atoms with E-state index < -0.39 is 0 Å². The predicted molar refractivity (Wildman–Crippen MR) is 79.7 cm³/mol. The molecule has 1 saturated heterocycles. The Morgan fingerprint density at radius 1 is 1.26 bits per heavy atom. The second-order valence-electron chi connectivity index (χ2n) is 5.29. The second kappa shape index (κ2) is 6.70. The van der Waals surface area contributed by atoms with E-state index in [9.17, 15) is 0 Å². The highest BCUT2D eigenvalue weighted by atomic mass is 15.2. The first-order chi connectivity index (χ1) is 9.19. The van der Waals surface area contributed by atoms with E-state index in [1.807, 2.05) is 20.0 Å². The van der Waals surface area contributed by atoms with Crippen molar-refractivity contribution in [3.05, 3.63) is 11.8 Å². The zero-order chi connectivity index (χ0) is 13.7. The van der Waals surface area contributed by atoms with E-state index in [0.29, 0.717) is 12.0 Å². The maximum Gasteiger partial charge on any atom is 0.224 e. The zero-order valence-corrected chi connectivity index (χ0v) is 12.2. The van der Waals surface area contributed by atoms with Crippen LogP contribution in [0.25, 0.3) is 0 Å². The highest BCUT2D eigenvalue weighted by Crippen LogP contribution is 2.13. The second-order valence-corrected chi connectivity index (χ2v) is 5.29. The number of piperidine rings is 1. The summed E-state index contributed by atoms with van der Waals surface area (Å²) in [6, 6.07) is 2.54. The Morgan fingerprint density at radius 2 is 2.00 bits per heavy atom. The lowest BCUT2D eigenvalue weighted by atomic mass is 10.1. The molecule has 0 aromatic carbocycles. The Hall–Kier alpha value is -1.36. The van der Waals surface area contributed by atoms with Gasteiger partial charge in [-0.2, -0.15) is 4.98 Å². The molecular formula is C14H25N5. The average molecular weight is 263 g/mol. The third-order valence-electron chi connectivity index (χ3n) is 3.67. The summed E-state index contributed by atoms with van der Waals surface area (Å²) in [4.78, 5) is 11.3. The topological polar surface area (TPSA) is 53.1 Å². The molecule has 0 saturated carbocycles. The molecule has 106 valence electrons. The standard InChI is InChI=1S/C14H25N5/c1-11-9-13(18-14(15-3)17-11)16-10-12(2)19-7-5-4-6-8-19/h9,12H,4-8,10H2,1-3H3,(H2,15,16,17,18). The average Bonchev–Trinajstić information content (AvgIpc) is 2.45. The molecule has 1 aliphatic rings. The van der Waals surface area contributed by atoms with Gasteiger partial charge in [-0.3, -0.25) is 4.90 Å². The first-order valence-corrected chi connectivity index (χ1v) is 7.20. The minimum atomic E-state index is 0.550. The van der Waals surface area contributed by atoms with Gasteiger partial charge in [-0.25, -0.2) is 4.98 Å². The Balaban J connectivity index is 1.88. The molecule has 1 fully saturated rings. The summed E-state index contributed by atoms with van der Waals surface area (Å²) in [5.74, 6) is 1.58. The van der Waals surface area contributed by atoms with Crippen LogP contribution in [0.2, 0.25) is 0 Å². The quantitative estimate of drug-likeness (QED) is 0.852. The summed E-state index contributed by atoms with van der Waals surface area (Å²) in [6.45, 7) is 7.66. The van der Waals surface area contributed by atoms with E-state index in [1.54, 1.807) is 0 Å². The van der Waals surface area contributed by atoms with Gasteiger partial charge in [0.1, 0.15) is 5.82 Å². The van der Waals surface area contributed by atoms with E-state index in [1.165, 1.54) is 32.4 Å². The summed E-state index contributed by atoms with van der Waals surface area (Å²) >= 11 is 0. The number of aryl methyl sites for hydroxylation is 1. The van der Waals surface area contributed by atoms with Crippen LogP contribution in [0.4, 0.5) is 11.8 Å². The lowest BCUT2D eigenvalue weighted by Gasteiger charge is -2.32. The molecule has 1 aliphatic heterocycles. The highest BCUT2D eigenvalue weighted by Gasteiger charge is 2.16. The number of hydrogen-bond donors (Lipinski definition) is 2. The molecule has 0 radical (unpaired) electrons. The Kier molecular flexibility index (Phi) is 4.96. The Bertz CT molecular complexity index is 401. The number of rotatable bonds is 5. The fourth-order valence-electron chi connectivity index (χ4n) is 2.51. The van der Waals surface area contributed by atoms with E-state index in [4.69, 9.17) is 0 Å². The van der Waals surface area contributed by atoms with Gasteiger partial charge in [0.2, 0.25) is 5.95 Å². The maximum absolute atomic E-state index is 4.42. The smallest absolute Gasteiger partial charge is 0.224 e. The zero-order valence-electron chi connectivity index (χ0n) is 12.2. The molecule has 5 heteroatoms. The summed E-state index contributed by atoms with van der Waals surface area (Å²) in [5.41, 5.74) is 0.979. The third kappa shape index (κ3) is 4.06. The molecule has 0 spiro atoms. The summed E-state index contributed by atoms with van der Waals surface area (Å²) in [5, 5.41) is 6.41. The number of likely N-dealkylation sites (tertiary alicyclic amines) is 1. The lowest BCUT2D eigenvalue weighted by Crippen LogP contribution is -2.41. The van der Waals surface area contributed by atoms with Gasteiger partial charge in [0.15, 0.2) is 0 Å². The van der Waals surface area contributed by atoms with Crippen LogP contribution < -0.4 is 10.6 Å². The fourth-order valence-corrected chi connectivity index (χ4v) is 2.51. The van der Waals surface area contributed by atoms with E-state index in [-0.39, 0.29) is 0 Å². The van der Waals surface area contributed by atoms with Gasteiger partial charge >= 0.3 is 0 Å². The van der Waals surface area contributed by atoms with Gasteiger partial charge in [-0.1, -0.05) is 6.42 Å². The molecule has 2 N–H and O–H groups in total. The molecule has 5 nitrogen and oxygen atoms in total. The van der Waals surface area contributed by atoms with Crippen LogP contribution in [0.15, 0.2) is 6.07 Å². The van der Waals surface area contributed by atoms with Gasteiger partial charge in [0.05, 0.1) is 0 Å². The Labute approximate surface area is 115 Å². The van der Waals surface area contributed by atoms with E-state index in [0.717, 1.165) is 18.1 Å². The van der Waals surface area contributed by atoms with Crippen molar-refractivity contribution in [2.75, 3.05) is 37.3 Å². The molecule has 2 rings (SSSR count). The normalized spacial score (nSPS) is 18.1. The molecule has 1 atom stereocenters. The molecule has 19 heavy (non-hydrogen) atoms. The Morgan fingerprint density at radius 3 is 2.68 bits per heavy atom. The molecule has 1 aromatic heterocycles. The van der Waals surface area contributed by atoms with Crippen molar-refractivity contribution >= 4 is 11.8 Å². The van der Waals surface area contributed by atoms with Crippen LogP contribution in [0, 0.1) is 6.92 Å². The molecule has 1 unspecified atom stereocenters. The van der Waals surface area contributed by atoms with Crippen LogP contribution in [-0.4, -0.2) is 47.6 Å². The van der Waals surface area contributed by atoms with Crippen molar-refractivity contribution in [1.82, 2.24) is 14.9 Å². The largest absolute Gasteiger partial charge is 0.368 e. The van der Waals surface area contributed by atoms with E-state index >= 15 is 0 Å². The summed E-state index contributed by atoms with van der Waals surface area (Å²) in [7, 11) is 1.84. The van der Waals surface area contributed by atoms with Crippen molar-refractivity contribution < 1.29 is 0 Å². The summed E-state index contributed by atoms with van der Waals surface area (Å²) < 4.78 is 0. The first-order valence-electron chi connectivity index (χ1n) is 7.20. The van der Waals surface area contributed by atoms with Gasteiger partial charge in [-0.15, -0.1) is 0 Å².